The Labute approximate surface area is 105 Å². The van der Waals surface area contributed by atoms with Gasteiger partial charge < -0.3 is 5.21 Å². The molecule has 1 N–H and O–H groups in total. The zero-order valence-corrected chi connectivity index (χ0v) is 10.5. The van der Waals surface area contributed by atoms with Crippen LogP contribution >= 0.6 is 0 Å². The summed E-state index contributed by atoms with van der Waals surface area (Å²) in [6, 6.07) is 9.72. The van der Waals surface area contributed by atoms with Crippen LogP contribution in [0.2, 0.25) is 0 Å². The smallest absolute Gasteiger partial charge is 0.267 e. The lowest BCUT2D eigenvalue weighted by Crippen LogP contribution is -2.10. The maximum Gasteiger partial charge on any atom is 0.267 e. The zero-order valence-electron chi connectivity index (χ0n) is 9.69. The van der Waals surface area contributed by atoms with Crippen LogP contribution in [-0.4, -0.2) is 23.3 Å². The molecule has 0 aliphatic heterocycles. The van der Waals surface area contributed by atoms with E-state index >= 15 is 0 Å². The maximum absolute atomic E-state index is 12.2. The molecule has 1 aromatic heterocycles. The van der Waals surface area contributed by atoms with Gasteiger partial charge in [0.15, 0.2) is 0 Å². The van der Waals surface area contributed by atoms with E-state index in [0.29, 0.717) is 11.3 Å². The highest BCUT2D eigenvalue weighted by Gasteiger charge is 2.16. The Morgan fingerprint density at radius 2 is 1.89 bits per heavy atom. The quantitative estimate of drug-likeness (QED) is 0.523. The minimum Gasteiger partial charge on any atom is -0.411 e. The van der Waals surface area contributed by atoms with Crippen LogP contribution < -0.4 is 0 Å². The van der Waals surface area contributed by atoms with Gasteiger partial charge in [-0.2, -0.15) is 0 Å². The molecule has 0 amide bonds. The summed E-state index contributed by atoms with van der Waals surface area (Å²) in [7, 11) is -3.58. The Morgan fingerprint density at radius 1 is 1.22 bits per heavy atom. The van der Waals surface area contributed by atoms with Gasteiger partial charge in [0, 0.05) is 18.0 Å². The number of rotatable bonds is 3. The summed E-state index contributed by atoms with van der Waals surface area (Å²) in [6.45, 7) is 1.59. The first kappa shape index (κ1) is 12.4. The first-order chi connectivity index (χ1) is 8.55. The molecule has 5 nitrogen and oxygen atoms in total. The molecule has 0 aliphatic rings. The number of nitrogens with zero attached hydrogens (tertiary/aromatic N) is 2. The van der Waals surface area contributed by atoms with Crippen LogP contribution in [0.25, 0.3) is 0 Å². The van der Waals surface area contributed by atoms with Crippen molar-refractivity contribution in [3.05, 3.63) is 54.4 Å². The van der Waals surface area contributed by atoms with Gasteiger partial charge in [-0.3, -0.25) is 0 Å². The summed E-state index contributed by atoms with van der Waals surface area (Å²) < 4.78 is 25.5. The van der Waals surface area contributed by atoms with Gasteiger partial charge in [0.1, 0.15) is 0 Å². The summed E-state index contributed by atoms with van der Waals surface area (Å²) in [4.78, 5) is 0.214. The van der Waals surface area contributed by atoms with Crippen LogP contribution in [0.1, 0.15) is 12.5 Å². The summed E-state index contributed by atoms with van der Waals surface area (Å²) in [6.07, 6.45) is 2.84. The van der Waals surface area contributed by atoms with E-state index in [2.05, 4.69) is 5.16 Å². The van der Waals surface area contributed by atoms with Crippen molar-refractivity contribution in [1.29, 1.82) is 0 Å². The van der Waals surface area contributed by atoms with Gasteiger partial charge in [-0.15, -0.1) is 0 Å². The minimum atomic E-state index is -3.58. The van der Waals surface area contributed by atoms with E-state index in [1.54, 1.807) is 31.2 Å². The van der Waals surface area contributed by atoms with Crippen LogP contribution in [0.4, 0.5) is 0 Å². The lowest BCUT2D eigenvalue weighted by atomic mass is 10.2. The lowest BCUT2D eigenvalue weighted by molar-refractivity contribution is 0.319. The van der Waals surface area contributed by atoms with Crippen LogP contribution in [0.3, 0.4) is 0 Å². The molecule has 94 valence electrons. The Hall–Kier alpha value is -2.08. The second-order valence-corrected chi connectivity index (χ2v) is 5.58. The van der Waals surface area contributed by atoms with E-state index in [9.17, 15) is 8.42 Å². The van der Waals surface area contributed by atoms with E-state index in [1.165, 1.54) is 24.5 Å². The van der Waals surface area contributed by atoms with Gasteiger partial charge in [0.2, 0.25) is 0 Å². The molecule has 0 saturated heterocycles. The standard InChI is InChI=1S/C12H12N2O3S/c1-10(13-15)11-7-8-14(9-11)18(16,17)12-5-3-2-4-6-12/h2-9,15H,1H3. The first-order valence-corrected chi connectivity index (χ1v) is 6.67. The summed E-state index contributed by atoms with van der Waals surface area (Å²) in [5, 5.41) is 11.7. The molecule has 0 radical (unpaired) electrons. The maximum atomic E-state index is 12.2. The summed E-state index contributed by atoms with van der Waals surface area (Å²) in [5.41, 5.74) is 0.911. The van der Waals surface area contributed by atoms with Gasteiger partial charge >= 0.3 is 0 Å². The molecule has 2 aromatic rings. The van der Waals surface area contributed by atoms with E-state index < -0.39 is 10.0 Å². The highest BCUT2D eigenvalue weighted by molar-refractivity contribution is 7.90. The average molecular weight is 264 g/mol. The fourth-order valence-corrected chi connectivity index (χ4v) is 2.73. The van der Waals surface area contributed by atoms with E-state index in [1.807, 2.05) is 0 Å². The van der Waals surface area contributed by atoms with Gasteiger partial charge in [-0.1, -0.05) is 23.4 Å². The van der Waals surface area contributed by atoms with E-state index in [4.69, 9.17) is 5.21 Å². The van der Waals surface area contributed by atoms with Gasteiger partial charge in [-0.05, 0) is 25.1 Å². The van der Waals surface area contributed by atoms with Crippen LogP contribution in [0, 0.1) is 0 Å². The average Bonchev–Trinajstić information content (AvgIpc) is 2.89. The van der Waals surface area contributed by atoms with Crippen molar-refractivity contribution in [1.82, 2.24) is 3.97 Å². The fourth-order valence-electron chi connectivity index (χ4n) is 1.51. The molecule has 0 atom stereocenters. The van der Waals surface area contributed by atoms with Crippen molar-refractivity contribution in [2.75, 3.05) is 0 Å². The fraction of sp³-hybridized carbons (Fsp3) is 0.0833. The second kappa shape index (κ2) is 4.66. The van der Waals surface area contributed by atoms with Crippen molar-refractivity contribution in [3.8, 4) is 0 Å². The monoisotopic (exact) mass is 264 g/mol. The van der Waals surface area contributed by atoms with Crippen molar-refractivity contribution >= 4 is 15.7 Å². The topological polar surface area (TPSA) is 71.7 Å². The highest BCUT2D eigenvalue weighted by Crippen LogP contribution is 2.15. The van der Waals surface area contributed by atoms with Crippen molar-refractivity contribution in [2.24, 2.45) is 5.16 Å². The molecule has 0 unspecified atom stereocenters. The Bertz CT molecular complexity index is 672. The number of hydrogen-bond acceptors (Lipinski definition) is 4. The summed E-state index contributed by atoms with van der Waals surface area (Å²) >= 11 is 0. The highest BCUT2D eigenvalue weighted by atomic mass is 32.2. The molecule has 0 aliphatic carbocycles. The SMILES string of the molecule is CC(=NO)c1ccn(S(=O)(=O)c2ccccc2)c1. The first-order valence-electron chi connectivity index (χ1n) is 5.23. The van der Waals surface area contributed by atoms with Crippen molar-refractivity contribution in [2.45, 2.75) is 11.8 Å². The third-order valence-corrected chi connectivity index (χ3v) is 4.20. The van der Waals surface area contributed by atoms with Crippen LogP contribution in [-0.2, 0) is 10.0 Å². The largest absolute Gasteiger partial charge is 0.411 e. The van der Waals surface area contributed by atoms with E-state index in [-0.39, 0.29) is 4.90 Å². The van der Waals surface area contributed by atoms with Crippen molar-refractivity contribution in [3.63, 3.8) is 0 Å². The minimum absolute atomic E-state index is 0.214. The third kappa shape index (κ3) is 2.14. The molecule has 0 fully saturated rings. The van der Waals surface area contributed by atoms with Crippen LogP contribution in [0.5, 0.6) is 0 Å². The van der Waals surface area contributed by atoms with E-state index in [0.717, 1.165) is 3.97 Å². The number of hydrogen-bond donors (Lipinski definition) is 1. The van der Waals surface area contributed by atoms with Gasteiger partial charge in [0.25, 0.3) is 10.0 Å². The Kier molecular flexibility index (Phi) is 3.20. The van der Waals surface area contributed by atoms with Gasteiger partial charge in [-0.25, -0.2) is 12.4 Å². The molecule has 0 saturated carbocycles. The molecular weight excluding hydrogens is 252 g/mol. The molecule has 6 heteroatoms. The molecule has 1 heterocycles. The number of oxime groups is 1. The zero-order chi connectivity index (χ0) is 13.2. The normalized spacial score (nSPS) is 12.6. The lowest BCUT2D eigenvalue weighted by Gasteiger charge is -2.04. The summed E-state index contributed by atoms with van der Waals surface area (Å²) in [5.74, 6) is 0. The van der Waals surface area contributed by atoms with Crippen molar-refractivity contribution < 1.29 is 13.6 Å². The predicted molar refractivity (Wildman–Crippen MR) is 67.5 cm³/mol. The third-order valence-electron chi connectivity index (χ3n) is 2.55. The molecule has 1 aromatic carbocycles. The Morgan fingerprint density at radius 3 is 2.50 bits per heavy atom. The molecular formula is C12H12N2O3S. The predicted octanol–water partition coefficient (Wildman–Crippen LogP) is 1.92. The van der Waals surface area contributed by atoms with Crippen LogP contribution in [0.15, 0.2) is 58.8 Å². The Balaban J connectivity index is 2.47. The number of aromatic nitrogens is 1. The van der Waals surface area contributed by atoms with Gasteiger partial charge in [0.05, 0.1) is 10.6 Å². The molecule has 0 bridgehead atoms. The molecule has 2 rings (SSSR count). The second-order valence-electron chi connectivity index (χ2n) is 3.73. The molecule has 0 spiro atoms. The number of benzene rings is 1. The molecule has 18 heavy (non-hydrogen) atoms.